The molecule has 1 aromatic carbocycles. The molecule has 2 atom stereocenters. The summed E-state index contributed by atoms with van der Waals surface area (Å²) in [4.78, 5) is 54.1. The monoisotopic (exact) mass is 484 g/mol. The van der Waals surface area contributed by atoms with Gasteiger partial charge in [0.25, 0.3) is 17.7 Å². The van der Waals surface area contributed by atoms with Crippen molar-refractivity contribution in [3.8, 4) is 5.75 Å². The molecule has 10 nitrogen and oxygen atoms in total. The lowest BCUT2D eigenvalue weighted by atomic mass is 9.79. The summed E-state index contributed by atoms with van der Waals surface area (Å²) >= 11 is 0. The summed E-state index contributed by atoms with van der Waals surface area (Å²) in [7, 11) is 0. The van der Waals surface area contributed by atoms with E-state index in [4.69, 9.17) is 4.74 Å². The van der Waals surface area contributed by atoms with Crippen molar-refractivity contribution >= 4 is 23.6 Å². The lowest BCUT2D eigenvalue weighted by molar-refractivity contribution is -0.135. The van der Waals surface area contributed by atoms with Crippen LogP contribution >= 0.6 is 0 Å². The minimum absolute atomic E-state index is 0.0776. The number of carbonyl (C=O) groups is 4. The number of hydrogen-bond donors (Lipinski definition) is 3. The molecule has 2 unspecified atom stereocenters. The first-order valence-corrected chi connectivity index (χ1v) is 12.5. The van der Waals surface area contributed by atoms with Gasteiger partial charge in [-0.3, -0.25) is 24.1 Å². The second kappa shape index (κ2) is 9.94. The average molecular weight is 485 g/mol. The molecule has 3 saturated heterocycles. The van der Waals surface area contributed by atoms with E-state index in [0.29, 0.717) is 19.0 Å². The van der Waals surface area contributed by atoms with Gasteiger partial charge in [0.1, 0.15) is 18.0 Å². The zero-order valence-electron chi connectivity index (χ0n) is 19.7. The van der Waals surface area contributed by atoms with Crippen LogP contribution < -0.4 is 15.4 Å². The molecule has 4 heterocycles. The molecule has 0 radical (unpaired) electrons. The van der Waals surface area contributed by atoms with E-state index in [1.54, 1.807) is 12.1 Å². The van der Waals surface area contributed by atoms with Crippen LogP contribution in [0.3, 0.4) is 0 Å². The van der Waals surface area contributed by atoms with E-state index < -0.39 is 30.0 Å². The van der Waals surface area contributed by atoms with E-state index in [0.717, 1.165) is 36.7 Å². The molecule has 5 rings (SSSR count). The van der Waals surface area contributed by atoms with Gasteiger partial charge in [0.2, 0.25) is 5.91 Å². The first-order chi connectivity index (χ1) is 16.9. The van der Waals surface area contributed by atoms with Crippen LogP contribution in [-0.4, -0.2) is 83.6 Å². The Labute approximate surface area is 204 Å². The minimum atomic E-state index is -0.985. The number of fused-ring (bicyclic) bond motifs is 1. The Hall–Kier alpha value is -2.98. The van der Waals surface area contributed by atoms with Crippen LogP contribution in [0.2, 0.25) is 0 Å². The summed E-state index contributed by atoms with van der Waals surface area (Å²) in [5.74, 6) is -0.336. The van der Waals surface area contributed by atoms with Crippen LogP contribution in [0.25, 0.3) is 0 Å². The van der Waals surface area contributed by atoms with Crippen molar-refractivity contribution in [2.75, 3.05) is 32.8 Å². The van der Waals surface area contributed by atoms with Crippen molar-refractivity contribution < 1.29 is 29.0 Å². The van der Waals surface area contributed by atoms with E-state index >= 15 is 0 Å². The highest BCUT2D eigenvalue weighted by molar-refractivity contribution is 6.24. The molecule has 3 fully saturated rings. The Morgan fingerprint density at radius 1 is 0.971 bits per heavy atom. The molecule has 0 spiro atoms. The van der Waals surface area contributed by atoms with E-state index in [9.17, 15) is 24.3 Å². The Kier molecular flexibility index (Phi) is 6.75. The molecule has 3 N–H and O–H groups in total. The lowest BCUT2D eigenvalue weighted by Gasteiger charge is -2.37. The third-order valence-corrected chi connectivity index (χ3v) is 7.84. The normalized spacial score (nSPS) is 26.0. The Morgan fingerprint density at radius 2 is 1.69 bits per heavy atom. The summed E-state index contributed by atoms with van der Waals surface area (Å²) in [6, 6.07) is 3.70. The van der Waals surface area contributed by atoms with Crippen molar-refractivity contribution in [2.45, 2.75) is 50.8 Å². The first kappa shape index (κ1) is 23.7. The van der Waals surface area contributed by atoms with Gasteiger partial charge < -0.3 is 25.4 Å². The number of ether oxygens (including phenoxy) is 1. The molecule has 4 aliphatic heterocycles. The van der Waals surface area contributed by atoms with Gasteiger partial charge in [-0.05, 0) is 75.6 Å². The second-order valence-electron chi connectivity index (χ2n) is 9.87. The van der Waals surface area contributed by atoms with Gasteiger partial charge in [-0.25, -0.2) is 0 Å². The number of carbonyl (C=O) groups excluding carboxylic acids is 4. The molecule has 0 saturated carbocycles. The smallest absolute Gasteiger partial charge is 0.266 e. The molecule has 0 aliphatic carbocycles. The Bertz CT molecular complexity index is 1020. The number of imide groups is 1. The van der Waals surface area contributed by atoms with Crippen molar-refractivity contribution in [3.05, 3.63) is 29.3 Å². The number of aliphatic hydroxyl groups is 1. The van der Waals surface area contributed by atoms with Gasteiger partial charge in [0.05, 0.1) is 11.1 Å². The number of nitrogens with one attached hydrogen (secondary N) is 2. The molecule has 10 heteroatoms. The van der Waals surface area contributed by atoms with Crippen LogP contribution in [0, 0.1) is 11.8 Å². The van der Waals surface area contributed by atoms with Crippen molar-refractivity contribution in [3.63, 3.8) is 0 Å². The number of aliphatic hydroxyl groups excluding tert-OH is 1. The summed E-state index contributed by atoms with van der Waals surface area (Å²) < 4.78 is 5.77. The number of benzene rings is 1. The van der Waals surface area contributed by atoms with Crippen LogP contribution in [0.5, 0.6) is 5.75 Å². The van der Waals surface area contributed by atoms with Gasteiger partial charge in [-0.2, -0.15) is 0 Å². The molecule has 4 aliphatic rings. The zero-order valence-corrected chi connectivity index (χ0v) is 19.7. The zero-order chi connectivity index (χ0) is 24.5. The maximum Gasteiger partial charge on any atom is 0.266 e. The topological polar surface area (TPSA) is 128 Å². The third-order valence-electron chi connectivity index (χ3n) is 7.84. The van der Waals surface area contributed by atoms with Gasteiger partial charge in [0.15, 0.2) is 6.61 Å². The number of hydrogen-bond acceptors (Lipinski definition) is 7. The summed E-state index contributed by atoms with van der Waals surface area (Å²) in [5, 5.41) is 15.4. The fourth-order valence-corrected chi connectivity index (χ4v) is 5.87. The highest BCUT2D eigenvalue weighted by Gasteiger charge is 2.46. The van der Waals surface area contributed by atoms with E-state index in [1.807, 2.05) is 4.90 Å². The van der Waals surface area contributed by atoms with Crippen LogP contribution in [-0.2, 0) is 9.59 Å². The quantitative estimate of drug-likeness (QED) is 0.519. The molecule has 4 amide bonds. The lowest BCUT2D eigenvalue weighted by Crippen LogP contribution is -2.55. The molecule has 35 heavy (non-hydrogen) atoms. The van der Waals surface area contributed by atoms with Gasteiger partial charge in [-0.15, -0.1) is 0 Å². The first-order valence-electron chi connectivity index (χ1n) is 12.5. The van der Waals surface area contributed by atoms with Crippen LogP contribution in [0.4, 0.5) is 0 Å². The van der Waals surface area contributed by atoms with E-state index in [1.165, 1.54) is 18.9 Å². The number of rotatable bonds is 5. The maximum atomic E-state index is 13.2. The third kappa shape index (κ3) is 4.64. The van der Waals surface area contributed by atoms with Crippen LogP contribution in [0.1, 0.15) is 59.2 Å². The summed E-state index contributed by atoms with van der Waals surface area (Å²) in [6.07, 6.45) is 3.84. The highest BCUT2D eigenvalue weighted by atomic mass is 16.5. The number of nitrogens with zero attached hydrogens (tertiary/aromatic N) is 2. The molecule has 1 aromatic rings. The number of amides is 4. The van der Waals surface area contributed by atoms with E-state index in [2.05, 4.69) is 10.6 Å². The van der Waals surface area contributed by atoms with Crippen molar-refractivity contribution in [2.24, 2.45) is 11.8 Å². The maximum absolute atomic E-state index is 13.2. The van der Waals surface area contributed by atoms with Crippen LogP contribution in [0.15, 0.2) is 18.2 Å². The second-order valence-corrected chi connectivity index (χ2v) is 9.87. The standard InChI is InChI=1S/C25H32N4O6/c30-20-5-4-18(23(32)27-20)29-24(33)17-2-1-3-19(22(17)25(29)34)35-14-21(31)28-12-8-16(9-13-28)15-6-10-26-11-7-15/h1-3,15-16,18,20,26,30H,4-14H2,(H,27,32). The van der Waals surface area contributed by atoms with Gasteiger partial charge in [0, 0.05) is 13.1 Å². The average Bonchev–Trinajstić information content (AvgIpc) is 3.13. The molecular weight excluding hydrogens is 452 g/mol. The molecule has 188 valence electrons. The number of piperidine rings is 3. The Balaban J connectivity index is 1.21. The molecule has 0 bridgehead atoms. The molecular formula is C25H32N4O6. The van der Waals surface area contributed by atoms with Gasteiger partial charge in [-0.1, -0.05) is 6.07 Å². The van der Waals surface area contributed by atoms with Gasteiger partial charge >= 0.3 is 0 Å². The largest absolute Gasteiger partial charge is 0.483 e. The fraction of sp³-hybridized carbons (Fsp3) is 0.600. The Morgan fingerprint density at radius 3 is 2.40 bits per heavy atom. The number of likely N-dealkylation sites (tertiary alicyclic amines) is 1. The van der Waals surface area contributed by atoms with E-state index in [-0.39, 0.29) is 42.2 Å². The minimum Gasteiger partial charge on any atom is -0.483 e. The molecule has 0 aromatic heterocycles. The summed E-state index contributed by atoms with van der Waals surface area (Å²) in [5.41, 5.74) is 0.232. The SMILES string of the molecule is O=C1NC(O)CCC1N1C(=O)c2cccc(OCC(=O)N3CCC(C4CCNCC4)CC3)c2C1=O. The van der Waals surface area contributed by atoms with Crippen molar-refractivity contribution in [1.29, 1.82) is 0 Å². The summed E-state index contributed by atoms with van der Waals surface area (Å²) in [6.45, 7) is 3.34. The predicted molar refractivity (Wildman–Crippen MR) is 125 cm³/mol. The predicted octanol–water partition coefficient (Wildman–Crippen LogP) is 0.497. The highest BCUT2D eigenvalue weighted by Crippen LogP contribution is 2.34. The van der Waals surface area contributed by atoms with Crippen molar-refractivity contribution in [1.82, 2.24) is 20.4 Å². The fourth-order valence-electron chi connectivity index (χ4n) is 5.87.